The normalized spacial score (nSPS) is 26.5. The molecule has 0 aliphatic heterocycles. The summed E-state index contributed by atoms with van der Waals surface area (Å²) in [7, 11) is 0. The van der Waals surface area contributed by atoms with Crippen LogP contribution in [-0.4, -0.2) is 30.3 Å². The van der Waals surface area contributed by atoms with E-state index in [1.807, 2.05) is 0 Å². The summed E-state index contributed by atoms with van der Waals surface area (Å²) >= 11 is 0. The van der Waals surface area contributed by atoms with Crippen LogP contribution < -0.4 is 11.1 Å². The molecule has 0 spiro atoms. The average Bonchev–Trinajstić information content (AvgIpc) is 2.42. The van der Waals surface area contributed by atoms with Crippen LogP contribution in [0, 0.1) is 17.8 Å². The Morgan fingerprint density at radius 1 is 1.30 bits per heavy atom. The van der Waals surface area contributed by atoms with E-state index in [9.17, 15) is 13.2 Å². The molecule has 0 aromatic rings. The Bertz CT molecular complexity index is 312. The standard InChI is InChI=1S/C13H24F3N3O/c1-2-9-3-5-10(6-4-9)7-18-8-11(12(17)19-20)13(14,15)16/h9-11,18,20H,2-8H2,1H3,(H2,17,19). The number of hydrogen-bond donors (Lipinski definition) is 3. The molecule has 1 aliphatic carbocycles. The van der Waals surface area contributed by atoms with Gasteiger partial charge in [0.15, 0.2) is 5.84 Å². The zero-order valence-electron chi connectivity index (χ0n) is 11.8. The van der Waals surface area contributed by atoms with Gasteiger partial charge in [-0.05, 0) is 31.2 Å². The van der Waals surface area contributed by atoms with Gasteiger partial charge in [0.1, 0.15) is 5.92 Å². The van der Waals surface area contributed by atoms with Crippen LogP contribution in [0.2, 0.25) is 0 Å². The number of halogens is 3. The van der Waals surface area contributed by atoms with E-state index >= 15 is 0 Å². The fourth-order valence-corrected chi connectivity index (χ4v) is 2.73. The number of nitrogens with one attached hydrogen (secondary N) is 1. The maximum atomic E-state index is 12.7. The van der Waals surface area contributed by atoms with Crippen molar-refractivity contribution < 1.29 is 18.4 Å². The van der Waals surface area contributed by atoms with Gasteiger partial charge >= 0.3 is 6.18 Å². The third-order valence-electron chi connectivity index (χ3n) is 4.19. The van der Waals surface area contributed by atoms with E-state index in [4.69, 9.17) is 10.9 Å². The van der Waals surface area contributed by atoms with E-state index in [1.165, 1.54) is 6.42 Å². The smallest absolute Gasteiger partial charge is 0.400 e. The molecule has 0 saturated heterocycles. The second-order valence-electron chi connectivity index (χ2n) is 5.57. The fourth-order valence-electron chi connectivity index (χ4n) is 2.73. The molecule has 1 saturated carbocycles. The zero-order valence-corrected chi connectivity index (χ0v) is 11.8. The Morgan fingerprint density at radius 2 is 1.85 bits per heavy atom. The molecule has 1 fully saturated rings. The van der Waals surface area contributed by atoms with Gasteiger partial charge in [-0.1, -0.05) is 31.3 Å². The number of rotatable bonds is 6. The molecule has 1 unspecified atom stereocenters. The van der Waals surface area contributed by atoms with E-state index in [0.29, 0.717) is 12.5 Å². The quantitative estimate of drug-likeness (QED) is 0.305. The molecule has 1 rings (SSSR count). The molecule has 0 aromatic carbocycles. The van der Waals surface area contributed by atoms with Gasteiger partial charge in [0.2, 0.25) is 0 Å². The Hall–Kier alpha value is -0.980. The molecule has 4 N–H and O–H groups in total. The van der Waals surface area contributed by atoms with E-state index in [0.717, 1.165) is 31.6 Å². The molecule has 4 nitrogen and oxygen atoms in total. The average molecular weight is 295 g/mol. The highest BCUT2D eigenvalue weighted by molar-refractivity contribution is 5.83. The van der Waals surface area contributed by atoms with Crippen molar-refractivity contribution >= 4 is 5.84 Å². The Morgan fingerprint density at radius 3 is 2.30 bits per heavy atom. The SMILES string of the molecule is CCC1CCC(CNCC(C(N)=NO)C(F)(F)F)CC1. The molecule has 0 aromatic heterocycles. The van der Waals surface area contributed by atoms with Crippen molar-refractivity contribution in [1.29, 1.82) is 0 Å². The summed E-state index contributed by atoms with van der Waals surface area (Å²) in [6, 6.07) is 0. The maximum Gasteiger partial charge on any atom is 0.400 e. The molecule has 0 bridgehead atoms. The molecule has 1 atom stereocenters. The first-order valence-corrected chi connectivity index (χ1v) is 7.13. The summed E-state index contributed by atoms with van der Waals surface area (Å²) in [5, 5.41) is 13.7. The number of hydrogen-bond acceptors (Lipinski definition) is 3. The second kappa shape index (κ2) is 7.71. The third-order valence-corrected chi connectivity index (χ3v) is 4.19. The molecule has 0 amide bonds. The molecule has 20 heavy (non-hydrogen) atoms. The number of nitrogens with zero attached hydrogens (tertiary/aromatic N) is 1. The van der Waals surface area contributed by atoms with Gasteiger partial charge in [0.05, 0.1) is 0 Å². The number of alkyl halides is 3. The van der Waals surface area contributed by atoms with Crippen LogP contribution in [0.4, 0.5) is 13.2 Å². The van der Waals surface area contributed by atoms with E-state index in [-0.39, 0.29) is 6.54 Å². The molecular formula is C13H24F3N3O. The lowest BCUT2D eigenvalue weighted by Crippen LogP contribution is -2.44. The molecule has 0 heterocycles. The van der Waals surface area contributed by atoms with Gasteiger partial charge in [-0.25, -0.2) is 0 Å². The molecule has 118 valence electrons. The minimum absolute atomic E-state index is 0.340. The van der Waals surface area contributed by atoms with Crippen LogP contribution in [0.5, 0.6) is 0 Å². The molecule has 1 aliphatic rings. The van der Waals surface area contributed by atoms with Crippen molar-refractivity contribution in [3.05, 3.63) is 0 Å². The minimum atomic E-state index is -4.50. The summed E-state index contributed by atoms with van der Waals surface area (Å²) in [5.74, 6) is -1.52. The Kier molecular flexibility index (Phi) is 6.58. The lowest BCUT2D eigenvalue weighted by molar-refractivity contribution is -0.155. The monoisotopic (exact) mass is 295 g/mol. The van der Waals surface area contributed by atoms with Crippen LogP contribution in [0.3, 0.4) is 0 Å². The summed E-state index contributed by atoms with van der Waals surface area (Å²) in [5.41, 5.74) is 5.10. The van der Waals surface area contributed by atoms with Crippen LogP contribution in [0.1, 0.15) is 39.0 Å². The van der Waals surface area contributed by atoms with Crippen LogP contribution >= 0.6 is 0 Å². The summed E-state index contributed by atoms with van der Waals surface area (Å²) in [6.07, 6.45) is 1.12. The molecule has 7 heteroatoms. The van der Waals surface area contributed by atoms with Crippen molar-refractivity contribution in [2.24, 2.45) is 28.6 Å². The maximum absolute atomic E-state index is 12.7. The highest BCUT2D eigenvalue weighted by Gasteiger charge is 2.42. The van der Waals surface area contributed by atoms with Crippen molar-refractivity contribution in [3.8, 4) is 0 Å². The predicted molar refractivity (Wildman–Crippen MR) is 71.6 cm³/mol. The van der Waals surface area contributed by atoms with Gasteiger partial charge in [-0.15, -0.1) is 0 Å². The van der Waals surface area contributed by atoms with Crippen molar-refractivity contribution in [1.82, 2.24) is 5.32 Å². The van der Waals surface area contributed by atoms with E-state index in [1.54, 1.807) is 0 Å². The second-order valence-corrected chi connectivity index (χ2v) is 5.57. The lowest BCUT2D eigenvalue weighted by Gasteiger charge is -2.28. The summed E-state index contributed by atoms with van der Waals surface area (Å²) < 4.78 is 38.1. The first-order valence-electron chi connectivity index (χ1n) is 7.13. The van der Waals surface area contributed by atoms with Crippen molar-refractivity contribution in [2.45, 2.75) is 45.2 Å². The number of nitrogens with two attached hydrogens (primary N) is 1. The third kappa shape index (κ3) is 5.19. The van der Waals surface area contributed by atoms with Crippen molar-refractivity contribution in [2.75, 3.05) is 13.1 Å². The first-order chi connectivity index (χ1) is 9.38. The van der Waals surface area contributed by atoms with Crippen molar-refractivity contribution in [3.63, 3.8) is 0 Å². The minimum Gasteiger partial charge on any atom is -0.409 e. The number of amidine groups is 1. The van der Waals surface area contributed by atoms with Crippen LogP contribution in [0.15, 0.2) is 5.16 Å². The predicted octanol–water partition coefficient (Wildman–Crippen LogP) is 2.72. The lowest BCUT2D eigenvalue weighted by atomic mass is 9.81. The topological polar surface area (TPSA) is 70.6 Å². The number of oxime groups is 1. The largest absolute Gasteiger partial charge is 0.409 e. The highest BCUT2D eigenvalue weighted by Crippen LogP contribution is 2.30. The van der Waals surface area contributed by atoms with Gasteiger partial charge in [0, 0.05) is 6.54 Å². The van der Waals surface area contributed by atoms with E-state index in [2.05, 4.69) is 17.4 Å². The first kappa shape index (κ1) is 17.1. The van der Waals surface area contributed by atoms with E-state index < -0.39 is 17.9 Å². The van der Waals surface area contributed by atoms with Crippen LogP contribution in [-0.2, 0) is 0 Å². The van der Waals surface area contributed by atoms with Gasteiger partial charge in [-0.3, -0.25) is 0 Å². The Labute approximate surface area is 117 Å². The highest BCUT2D eigenvalue weighted by atomic mass is 19.4. The van der Waals surface area contributed by atoms with Crippen LogP contribution in [0.25, 0.3) is 0 Å². The summed E-state index contributed by atoms with van der Waals surface area (Å²) in [6.45, 7) is 2.39. The molecule has 0 radical (unpaired) electrons. The van der Waals surface area contributed by atoms with Gasteiger partial charge in [-0.2, -0.15) is 13.2 Å². The zero-order chi connectivity index (χ0) is 15.2. The fraction of sp³-hybridized carbons (Fsp3) is 0.923. The van der Waals surface area contributed by atoms with Gasteiger partial charge < -0.3 is 16.3 Å². The summed E-state index contributed by atoms with van der Waals surface area (Å²) in [4.78, 5) is 0. The van der Waals surface area contributed by atoms with Gasteiger partial charge in [0.25, 0.3) is 0 Å². The molecular weight excluding hydrogens is 271 g/mol. The Balaban J connectivity index is 2.35.